The van der Waals surface area contributed by atoms with E-state index in [1.807, 2.05) is 7.05 Å². The number of ether oxygens (including phenoxy) is 2. The Morgan fingerprint density at radius 3 is 2.48 bits per heavy atom. The first kappa shape index (κ1) is 16.6. The molecule has 0 aliphatic carbocycles. The molecule has 2 rings (SSSR count). The fourth-order valence-electron chi connectivity index (χ4n) is 2.48. The van der Waals surface area contributed by atoms with Crippen LogP contribution in [-0.2, 0) is 6.42 Å². The first-order valence-electron chi connectivity index (χ1n) is 7.74. The van der Waals surface area contributed by atoms with Gasteiger partial charge in [-0.3, -0.25) is 0 Å². The van der Waals surface area contributed by atoms with E-state index in [1.54, 1.807) is 0 Å². The number of rotatable bonds is 6. The average molecular weight is 356 g/mol. The molecule has 0 atom stereocenters. The van der Waals surface area contributed by atoms with Crippen LogP contribution in [0, 0.1) is 5.41 Å². The van der Waals surface area contributed by atoms with E-state index in [-0.39, 0.29) is 0 Å². The van der Waals surface area contributed by atoms with Gasteiger partial charge in [0.05, 0.1) is 13.2 Å². The molecule has 1 N–H and O–H groups in total. The molecule has 0 aromatic heterocycles. The summed E-state index contributed by atoms with van der Waals surface area (Å²) in [7, 11) is 2.01. The van der Waals surface area contributed by atoms with E-state index in [0.717, 1.165) is 55.0 Å². The molecule has 1 aromatic rings. The maximum atomic E-state index is 5.79. The van der Waals surface area contributed by atoms with Crippen LogP contribution in [0.25, 0.3) is 0 Å². The molecule has 0 unspecified atom stereocenters. The number of fused-ring (bicyclic) bond motifs is 1. The summed E-state index contributed by atoms with van der Waals surface area (Å²) in [5.41, 5.74) is 1.64. The lowest BCUT2D eigenvalue weighted by Gasteiger charge is -2.25. The molecular formula is C17H26BrNO2. The minimum Gasteiger partial charge on any atom is -0.490 e. The highest BCUT2D eigenvalue weighted by molar-refractivity contribution is 9.10. The van der Waals surface area contributed by atoms with Gasteiger partial charge >= 0.3 is 0 Å². The summed E-state index contributed by atoms with van der Waals surface area (Å²) in [5.74, 6) is 1.75. The Labute approximate surface area is 136 Å². The Hall–Kier alpha value is -0.740. The van der Waals surface area contributed by atoms with Gasteiger partial charge in [-0.25, -0.2) is 0 Å². The minimum atomic E-state index is 0.340. The fraction of sp³-hybridized carbons (Fsp3) is 0.647. The van der Waals surface area contributed by atoms with Gasteiger partial charge in [-0.1, -0.05) is 29.8 Å². The normalized spacial score (nSPS) is 14.9. The average Bonchev–Trinajstić information content (AvgIpc) is 2.67. The van der Waals surface area contributed by atoms with E-state index in [4.69, 9.17) is 9.47 Å². The molecule has 0 saturated carbocycles. The second kappa shape index (κ2) is 7.50. The van der Waals surface area contributed by atoms with Crippen LogP contribution in [0.2, 0.25) is 0 Å². The summed E-state index contributed by atoms with van der Waals surface area (Å²) in [4.78, 5) is 0. The third kappa shape index (κ3) is 4.89. The van der Waals surface area contributed by atoms with Crippen LogP contribution in [-0.4, -0.2) is 26.8 Å². The molecule has 0 radical (unpaired) electrons. The molecule has 1 heterocycles. The van der Waals surface area contributed by atoms with Crippen LogP contribution in [0.5, 0.6) is 11.5 Å². The van der Waals surface area contributed by atoms with E-state index >= 15 is 0 Å². The molecule has 21 heavy (non-hydrogen) atoms. The highest BCUT2D eigenvalue weighted by atomic mass is 79.9. The lowest BCUT2D eigenvalue weighted by atomic mass is 9.83. The first-order chi connectivity index (χ1) is 10.0. The number of hydrogen-bond acceptors (Lipinski definition) is 3. The van der Waals surface area contributed by atoms with Crippen LogP contribution in [0.4, 0.5) is 0 Å². The Bertz CT molecular complexity index is 474. The minimum absolute atomic E-state index is 0.340. The van der Waals surface area contributed by atoms with Gasteiger partial charge in [-0.05, 0) is 56.0 Å². The molecule has 0 spiro atoms. The summed E-state index contributed by atoms with van der Waals surface area (Å²) in [6, 6.07) is 4.19. The Balaban J connectivity index is 2.05. The van der Waals surface area contributed by atoms with E-state index in [2.05, 4.69) is 47.2 Å². The number of halogens is 1. The third-order valence-corrected chi connectivity index (χ3v) is 4.78. The van der Waals surface area contributed by atoms with Gasteiger partial charge in [0.25, 0.3) is 0 Å². The molecule has 3 nitrogen and oxygen atoms in total. The predicted molar refractivity (Wildman–Crippen MR) is 90.4 cm³/mol. The summed E-state index contributed by atoms with van der Waals surface area (Å²) in [6.07, 6.45) is 4.34. The summed E-state index contributed by atoms with van der Waals surface area (Å²) < 4.78 is 12.6. The second-order valence-electron chi connectivity index (χ2n) is 6.46. The number of hydrogen-bond donors (Lipinski definition) is 1. The molecule has 0 saturated heterocycles. The van der Waals surface area contributed by atoms with Gasteiger partial charge in [0.15, 0.2) is 11.5 Å². The zero-order valence-electron chi connectivity index (χ0n) is 13.3. The Kier molecular flexibility index (Phi) is 5.94. The van der Waals surface area contributed by atoms with E-state index in [0.29, 0.717) is 5.41 Å². The summed E-state index contributed by atoms with van der Waals surface area (Å²) >= 11 is 3.67. The SMILES string of the molecule is CNCCC(C)(C)CCc1cc2c(cc1Br)OCCCO2. The van der Waals surface area contributed by atoms with Crippen molar-refractivity contribution in [2.75, 3.05) is 26.8 Å². The molecule has 1 aromatic carbocycles. The van der Waals surface area contributed by atoms with Gasteiger partial charge in [-0.15, -0.1) is 0 Å². The first-order valence-corrected chi connectivity index (χ1v) is 8.54. The molecular weight excluding hydrogens is 330 g/mol. The topological polar surface area (TPSA) is 30.5 Å². The van der Waals surface area contributed by atoms with Crippen LogP contribution >= 0.6 is 15.9 Å². The van der Waals surface area contributed by atoms with Crippen molar-refractivity contribution in [2.45, 2.75) is 39.5 Å². The molecule has 0 fully saturated rings. The Morgan fingerprint density at radius 1 is 1.14 bits per heavy atom. The monoisotopic (exact) mass is 355 g/mol. The maximum Gasteiger partial charge on any atom is 0.162 e. The van der Waals surface area contributed by atoms with Crippen molar-refractivity contribution in [1.29, 1.82) is 0 Å². The van der Waals surface area contributed by atoms with Crippen molar-refractivity contribution < 1.29 is 9.47 Å². The highest BCUT2D eigenvalue weighted by Gasteiger charge is 2.19. The Morgan fingerprint density at radius 2 is 1.81 bits per heavy atom. The van der Waals surface area contributed by atoms with Crippen molar-refractivity contribution in [2.24, 2.45) is 5.41 Å². The molecule has 118 valence electrons. The maximum absolute atomic E-state index is 5.79. The number of benzene rings is 1. The predicted octanol–water partition coefficient (Wildman–Crippen LogP) is 4.18. The smallest absolute Gasteiger partial charge is 0.162 e. The van der Waals surface area contributed by atoms with Crippen molar-refractivity contribution >= 4 is 15.9 Å². The number of nitrogens with one attached hydrogen (secondary N) is 1. The lowest BCUT2D eigenvalue weighted by Crippen LogP contribution is -2.20. The zero-order valence-corrected chi connectivity index (χ0v) is 14.9. The molecule has 0 bridgehead atoms. The van der Waals surface area contributed by atoms with Crippen molar-refractivity contribution in [3.05, 3.63) is 22.2 Å². The van der Waals surface area contributed by atoms with Crippen molar-refractivity contribution in [3.63, 3.8) is 0 Å². The van der Waals surface area contributed by atoms with E-state index < -0.39 is 0 Å². The molecule has 4 heteroatoms. The quantitative estimate of drug-likeness (QED) is 0.830. The van der Waals surface area contributed by atoms with Gasteiger partial charge in [0.1, 0.15) is 0 Å². The summed E-state index contributed by atoms with van der Waals surface area (Å²) in [6.45, 7) is 7.20. The second-order valence-corrected chi connectivity index (χ2v) is 7.31. The van der Waals surface area contributed by atoms with Crippen molar-refractivity contribution in [1.82, 2.24) is 5.32 Å². The van der Waals surface area contributed by atoms with Crippen LogP contribution in [0.15, 0.2) is 16.6 Å². The summed E-state index contributed by atoms with van der Waals surface area (Å²) in [5, 5.41) is 3.24. The van der Waals surface area contributed by atoms with Gasteiger partial charge in [0, 0.05) is 10.9 Å². The van der Waals surface area contributed by atoms with E-state index in [1.165, 1.54) is 12.0 Å². The lowest BCUT2D eigenvalue weighted by molar-refractivity contribution is 0.296. The molecule has 0 amide bonds. The largest absolute Gasteiger partial charge is 0.490 e. The van der Waals surface area contributed by atoms with Gasteiger partial charge in [-0.2, -0.15) is 0 Å². The highest BCUT2D eigenvalue weighted by Crippen LogP contribution is 2.37. The van der Waals surface area contributed by atoms with E-state index in [9.17, 15) is 0 Å². The van der Waals surface area contributed by atoms with Crippen LogP contribution in [0.3, 0.4) is 0 Å². The zero-order chi connectivity index (χ0) is 15.3. The van der Waals surface area contributed by atoms with Crippen LogP contribution < -0.4 is 14.8 Å². The number of aryl methyl sites for hydroxylation is 1. The van der Waals surface area contributed by atoms with Crippen molar-refractivity contribution in [3.8, 4) is 11.5 Å². The molecule has 1 aliphatic rings. The molecule has 1 aliphatic heterocycles. The van der Waals surface area contributed by atoms with Crippen LogP contribution in [0.1, 0.15) is 38.7 Å². The van der Waals surface area contributed by atoms with Gasteiger partial charge in [0.2, 0.25) is 0 Å². The van der Waals surface area contributed by atoms with Gasteiger partial charge < -0.3 is 14.8 Å². The third-order valence-electron chi connectivity index (χ3n) is 4.04. The standard InChI is InChI=1S/C17H26BrNO2/c1-17(2,7-8-19-3)6-5-13-11-15-16(12-14(13)18)21-10-4-9-20-15/h11-12,19H,4-10H2,1-3H3. The fourth-order valence-corrected chi connectivity index (χ4v) is 3.00.